The maximum Gasteiger partial charge on any atom is 0.411 e. The number of thioether (sulfide) groups is 1. The number of nitrogens with one attached hydrogen (secondary N) is 1. The topological polar surface area (TPSA) is 78.9 Å². The first-order valence-electron chi connectivity index (χ1n) is 7.82. The first-order chi connectivity index (χ1) is 10.3. The van der Waals surface area contributed by atoms with Crippen molar-refractivity contribution < 1.29 is 19.4 Å². The summed E-state index contributed by atoms with van der Waals surface area (Å²) in [5.41, 5.74) is -0.565. The molecule has 0 aromatic carbocycles. The minimum Gasteiger partial charge on any atom is -0.444 e. The lowest BCUT2D eigenvalue weighted by molar-refractivity contribution is -0.126. The van der Waals surface area contributed by atoms with Crippen LogP contribution in [0.3, 0.4) is 0 Å². The van der Waals surface area contributed by atoms with Gasteiger partial charge in [-0.3, -0.25) is 9.69 Å². The lowest BCUT2D eigenvalue weighted by Crippen LogP contribution is -2.51. The number of aliphatic hydroxyl groups excluding tert-OH is 1. The Morgan fingerprint density at radius 1 is 1.23 bits per heavy atom. The van der Waals surface area contributed by atoms with E-state index in [0.717, 1.165) is 25.7 Å². The van der Waals surface area contributed by atoms with Gasteiger partial charge in [-0.2, -0.15) is 0 Å². The van der Waals surface area contributed by atoms with Crippen LogP contribution in [0.25, 0.3) is 0 Å². The molecule has 126 valence electrons. The number of hydrogen-bond donors (Lipinski definition) is 2. The van der Waals surface area contributed by atoms with Crippen LogP contribution in [0.1, 0.15) is 46.5 Å². The number of ether oxygens (including phenoxy) is 1. The highest BCUT2D eigenvalue weighted by Gasteiger charge is 2.38. The van der Waals surface area contributed by atoms with Gasteiger partial charge in [0.1, 0.15) is 11.6 Å². The molecule has 0 aromatic rings. The number of nitrogens with zero attached hydrogens (tertiary/aromatic N) is 1. The zero-order valence-electron chi connectivity index (χ0n) is 13.5. The van der Waals surface area contributed by atoms with Crippen LogP contribution in [0.2, 0.25) is 0 Å². The van der Waals surface area contributed by atoms with Crippen LogP contribution in [-0.4, -0.2) is 57.4 Å². The van der Waals surface area contributed by atoms with Gasteiger partial charge in [-0.1, -0.05) is 0 Å². The van der Waals surface area contributed by atoms with E-state index in [9.17, 15) is 14.7 Å². The second-order valence-electron chi connectivity index (χ2n) is 6.98. The van der Waals surface area contributed by atoms with Gasteiger partial charge >= 0.3 is 6.09 Å². The molecule has 0 bridgehead atoms. The van der Waals surface area contributed by atoms with E-state index in [4.69, 9.17) is 4.74 Å². The molecule has 22 heavy (non-hydrogen) atoms. The molecule has 1 heterocycles. The number of carbonyl (C=O) groups excluding carboxylic acids is 2. The van der Waals surface area contributed by atoms with Crippen LogP contribution in [-0.2, 0) is 9.53 Å². The predicted octanol–water partition coefficient (Wildman–Crippen LogP) is 1.72. The molecule has 2 aliphatic rings. The van der Waals surface area contributed by atoms with Gasteiger partial charge in [0, 0.05) is 11.8 Å². The molecular formula is C15H26N2O4S. The number of hydrogen-bond acceptors (Lipinski definition) is 5. The third-order valence-electron chi connectivity index (χ3n) is 3.86. The molecule has 0 radical (unpaired) electrons. The zero-order chi connectivity index (χ0) is 16.3. The number of aliphatic hydroxyl groups is 1. The summed E-state index contributed by atoms with van der Waals surface area (Å²) in [5.74, 6) is 0.967. The van der Waals surface area contributed by atoms with E-state index < -0.39 is 17.7 Å². The van der Waals surface area contributed by atoms with Crippen molar-refractivity contribution in [3.05, 3.63) is 0 Å². The molecule has 2 fully saturated rings. The third-order valence-corrected chi connectivity index (χ3v) is 4.87. The van der Waals surface area contributed by atoms with E-state index >= 15 is 0 Å². The first kappa shape index (κ1) is 17.4. The molecule has 0 spiro atoms. The Morgan fingerprint density at radius 3 is 2.45 bits per heavy atom. The third kappa shape index (κ3) is 4.78. The number of amides is 2. The molecule has 0 aromatic heterocycles. The van der Waals surface area contributed by atoms with E-state index in [1.165, 1.54) is 4.90 Å². The summed E-state index contributed by atoms with van der Waals surface area (Å²) in [7, 11) is 0. The van der Waals surface area contributed by atoms with Crippen molar-refractivity contribution in [1.29, 1.82) is 0 Å². The molecule has 2 amide bonds. The minimum absolute atomic E-state index is 0.0991. The molecule has 2 rings (SSSR count). The summed E-state index contributed by atoms with van der Waals surface area (Å²) >= 11 is 1.56. The Hall–Kier alpha value is -0.950. The highest BCUT2D eigenvalue weighted by Crippen LogP contribution is 2.25. The number of carbonyl (C=O) groups is 2. The summed E-state index contributed by atoms with van der Waals surface area (Å²) in [6, 6.07) is -0.367. The fourth-order valence-electron chi connectivity index (χ4n) is 2.68. The average molecular weight is 330 g/mol. The maximum atomic E-state index is 12.4. The van der Waals surface area contributed by atoms with E-state index in [0.29, 0.717) is 11.6 Å². The quantitative estimate of drug-likeness (QED) is 0.806. The highest BCUT2D eigenvalue weighted by atomic mass is 32.2. The van der Waals surface area contributed by atoms with E-state index in [1.54, 1.807) is 11.8 Å². The van der Waals surface area contributed by atoms with Crippen LogP contribution in [0.5, 0.6) is 0 Å². The molecule has 2 N–H and O–H groups in total. The zero-order valence-corrected chi connectivity index (χ0v) is 14.3. The Morgan fingerprint density at radius 2 is 1.86 bits per heavy atom. The van der Waals surface area contributed by atoms with Crippen molar-refractivity contribution in [2.75, 3.05) is 11.6 Å². The van der Waals surface area contributed by atoms with Gasteiger partial charge in [-0.05, 0) is 46.5 Å². The molecular weight excluding hydrogens is 304 g/mol. The minimum atomic E-state index is -0.565. The van der Waals surface area contributed by atoms with Crippen molar-refractivity contribution in [3.63, 3.8) is 0 Å². The Kier molecular flexibility index (Phi) is 5.60. The van der Waals surface area contributed by atoms with Crippen LogP contribution < -0.4 is 5.32 Å². The summed E-state index contributed by atoms with van der Waals surface area (Å²) in [6.07, 6.45) is 2.35. The van der Waals surface area contributed by atoms with Gasteiger partial charge in [0.25, 0.3) is 0 Å². The lowest BCUT2D eigenvalue weighted by atomic mass is 9.93. The Bertz CT molecular complexity index is 416. The van der Waals surface area contributed by atoms with Gasteiger partial charge in [-0.25, -0.2) is 4.79 Å². The molecule has 1 saturated heterocycles. The Labute approximate surface area is 136 Å². The van der Waals surface area contributed by atoms with Crippen LogP contribution in [0.15, 0.2) is 0 Å². The van der Waals surface area contributed by atoms with Gasteiger partial charge in [0.05, 0.1) is 12.0 Å². The van der Waals surface area contributed by atoms with Gasteiger partial charge in [0.15, 0.2) is 0 Å². The van der Waals surface area contributed by atoms with Crippen molar-refractivity contribution in [3.8, 4) is 0 Å². The average Bonchev–Trinajstić information content (AvgIpc) is 2.89. The molecule has 7 heteroatoms. The number of rotatable bonds is 2. The summed E-state index contributed by atoms with van der Waals surface area (Å²) in [6.45, 7) is 5.45. The molecule has 1 aliphatic carbocycles. The van der Waals surface area contributed by atoms with Gasteiger partial charge < -0.3 is 15.2 Å². The summed E-state index contributed by atoms with van der Waals surface area (Å²) in [5, 5.41) is 12.5. The smallest absolute Gasteiger partial charge is 0.411 e. The largest absolute Gasteiger partial charge is 0.444 e. The molecule has 1 atom stereocenters. The molecule has 1 saturated carbocycles. The van der Waals surface area contributed by atoms with Gasteiger partial charge in [-0.15, -0.1) is 11.8 Å². The van der Waals surface area contributed by atoms with Crippen LogP contribution in [0, 0.1) is 0 Å². The van der Waals surface area contributed by atoms with E-state index in [-0.39, 0.29) is 18.1 Å². The highest BCUT2D eigenvalue weighted by molar-refractivity contribution is 7.99. The molecule has 1 aliphatic heterocycles. The standard InChI is InChI=1S/C15H26N2O4S/c1-15(2,3)21-14(20)17-9-22-8-12(17)13(19)16-10-4-6-11(18)7-5-10/h10-12,18H,4-9H2,1-3H3,(H,16,19)/t10?,11?,12-/m1/s1. The predicted molar refractivity (Wildman–Crippen MR) is 85.6 cm³/mol. The van der Waals surface area contributed by atoms with Gasteiger partial charge in [0.2, 0.25) is 5.91 Å². The lowest BCUT2D eigenvalue weighted by Gasteiger charge is -2.30. The fraction of sp³-hybridized carbons (Fsp3) is 0.867. The normalized spacial score (nSPS) is 29.3. The SMILES string of the molecule is CC(C)(C)OC(=O)N1CSC[C@@H]1C(=O)NC1CCC(O)CC1. The molecule has 0 unspecified atom stereocenters. The summed E-state index contributed by atoms with van der Waals surface area (Å²) in [4.78, 5) is 26.1. The van der Waals surface area contributed by atoms with Crippen LogP contribution in [0.4, 0.5) is 4.79 Å². The maximum absolute atomic E-state index is 12.4. The van der Waals surface area contributed by atoms with Crippen molar-refractivity contribution >= 4 is 23.8 Å². The van der Waals surface area contributed by atoms with Crippen molar-refractivity contribution in [2.24, 2.45) is 0 Å². The Balaban J connectivity index is 1.89. The second-order valence-corrected chi connectivity index (χ2v) is 7.98. The second kappa shape index (κ2) is 7.08. The first-order valence-corrected chi connectivity index (χ1v) is 8.97. The van der Waals surface area contributed by atoms with Crippen LogP contribution >= 0.6 is 11.8 Å². The van der Waals surface area contributed by atoms with Crippen molar-refractivity contribution in [1.82, 2.24) is 10.2 Å². The fourth-order valence-corrected chi connectivity index (χ4v) is 3.82. The van der Waals surface area contributed by atoms with Crippen molar-refractivity contribution in [2.45, 2.75) is 70.2 Å². The van der Waals surface area contributed by atoms with E-state index in [1.807, 2.05) is 20.8 Å². The molecule has 6 nitrogen and oxygen atoms in total. The monoisotopic (exact) mass is 330 g/mol. The van der Waals surface area contributed by atoms with E-state index in [2.05, 4.69) is 5.32 Å². The summed E-state index contributed by atoms with van der Waals surface area (Å²) < 4.78 is 5.37.